The molecule has 0 bridgehead atoms. The summed E-state index contributed by atoms with van der Waals surface area (Å²) < 4.78 is 28.6. The number of benzene rings is 2. The van der Waals surface area contributed by atoms with E-state index in [-0.39, 0.29) is 4.58 Å². The Hall–Kier alpha value is -2.06. The third-order valence-electron chi connectivity index (χ3n) is 5.23. The molecule has 1 aliphatic heterocycles. The lowest BCUT2D eigenvalue weighted by Gasteiger charge is -2.23. The van der Waals surface area contributed by atoms with E-state index < -0.39 is 0 Å². The molecular weight excluding hydrogens is 446 g/mol. The summed E-state index contributed by atoms with van der Waals surface area (Å²) in [4.78, 5) is 2.08. The molecule has 0 aliphatic carbocycles. The molecule has 8 heteroatoms. The molecule has 0 aromatic heterocycles. The first-order chi connectivity index (χ1) is 15.5. The fourth-order valence-electron chi connectivity index (χ4n) is 3.62. The lowest BCUT2D eigenvalue weighted by atomic mass is 10.1. The van der Waals surface area contributed by atoms with Gasteiger partial charge in [0.2, 0.25) is 5.75 Å². The van der Waals surface area contributed by atoms with Crippen molar-refractivity contribution in [2.45, 2.75) is 23.2 Å². The molecule has 6 nitrogen and oxygen atoms in total. The Kier molecular flexibility index (Phi) is 8.59. The lowest BCUT2D eigenvalue weighted by Crippen LogP contribution is -2.12. The van der Waals surface area contributed by atoms with Crippen LogP contribution in [-0.2, 0) is 0 Å². The second-order valence-electron chi connectivity index (χ2n) is 7.56. The molecule has 0 saturated carbocycles. The minimum Gasteiger partial charge on any atom is -0.493 e. The molecule has 0 unspecified atom stereocenters. The van der Waals surface area contributed by atoms with Crippen molar-refractivity contribution in [3.63, 3.8) is 0 Å². The first kappa shape index (κ1) is 24.6. The van der Waals surface area contributed by atoms with Crippen molar-refractivity contribution in [2.75, 3.05) is 59.8 Å². The predicted molar refractivity (Wildman–Crippen MR) is 135 cm³/mol. The molecule has 1 fully saturated rings. The average molecular weight is 480 g/mol. The fraction of sp³-hybridized carbons (Fsp3) is 0.500. The summed E-state index contributed by atoms with van der Waals surface area (Å²) in [6.07, 6.45) is 0.947. The number of anilines is 1. The van der Waals surface area contributed by atoms with Crippen LogP contribution in [0.4, 0.5) is 5.69 Å². The maximum Gasteiger partial charge on any atom is 0.203 e. The van der Waals surface area contributed by atoms with Crippen molar-refractivity contribution >= 4 is 29.2 Å². The highest BCUT2D eigenvalue weighted by Crippen LogP contribution is 2.58. The van der Waals surface area contributed by atoms with Crippen LogP contribution in [0.5, 0.6) is 28.7 Å². The lowest BCUT2D eigenvalue weighted by molar-refractivity contribution is 0.295. The third kappa shape index (κ3) is 5.12. The minimum atomic E-state index is 0.284. The van der Waals surface area contributed by atoms with E-state index in [1.165, 1.54) is 11.1 Å². The highest BCUT2D eigenvalue weighted by molar-refractivity contribution is 8.19. The van der Waals surface area contributed by atoms with Gasteiger partial charge in [-0.3, -0.25) is 0 Å². The van der Waals surface area contributed by atoms with Crippen LogP contribution in [0.15, 0.2) is 24.3 Å². The number of rotatable bonds is 10. The van der Waals surface area contributed by atoms with Gasteiger partial charge in [0.1, 0.15) is 0 Å². The van der Waals surface area contributed by atoms with Crippen LogP contribution in [0.3, 0.4) is 0 Å². The quantitative estimate of drug-likeness (QED) is 0.424. The number of hydrogen-bond acceptors (Lipinski definition) is 8. The monoisotopic (exact) mass is 479 g/mol. The van der Waals surface area contributed by atoms with Crippen molar-refractivity contribution in [3.8, 4) is 28.7 Å². The van der Waals surface area contributed by atoms with Gasteiger partial charge in [-0.2, -0.15) is 0 Å². The Morgan fingerprint density at radius 1 is 0.844 bits per heavy atom. The number of methoxy groups -OCH3 is 4. The molecule has 2 atom stereocenters. The summed E-state index contributed by atoms with van der Waals surface area (Å²) in [5.74, 6) is 4.56. The van der Waals surface area contributed by atoms with Gasteiger partial charge in [-0.25, -0.2) is 0 Å². The highest BCUT2D eigenvalue weighted by Gasteiger charge is 2.31. The van der Waals surface area contributed by atoms with E-state index in [0.29, 0.717) is 29.1 Å². The van der Waals surface area contributed by atoms with Crippen LogP contribution < -0.4 is 28.6 Å². The summed E-state index contributed by atoms with van der Waals surface area (Å²) in [7, 11) is 10.7. The highest BCUT2D eigenvalue weighted by atomic mass is 32.2. The van der Waals surface area contributed by atoms with Crippen LogP contribution in [-0.4, -0.2) is 54.9 Å². The molecule has 1 heterocycles. The predicted octanol–water partition coefficient (Wildman–Crippen LogP) is 5.80. The second-order valence-corrected chi connectivity index (χ2v) is 10.3. The average Bonchev–Trinajstić information content (AvgIpc) is 3.31. The molecule has 2 aromatic carbocycles. The zero-order chi connectivity index (χ0) is 23.3. The molecule has 1 saturated heterocycles. The normalized spacial score (nSPS) is 17.7. The van der Waals surface area contributed by atoms with Gasteiger partial charge in [-0.1, -0.05) is 6.92 Å². The van der Waals surface area contributed by atoms with E-state index in [9.17, 15) is 0 Å². The Bertz CT molecular complexity index is 896. The van der Waals surface area contributed by atoms with E-state index in [2.05, 4.69) is 36.1 Å². The molecule has 176 valence electrons. The minimum absolute atomic E-state index is 0.284. The maximum absolute atomic E-state index is 6.03. The summed E-state index contributed by atoms with van der Waals surface area (Å²) in [6.45, 7) is 2.76. The summed E-state index contributed by atoms with van der Waals surface area (Å²) in [6, 6.07) is 8.43. The van der Waals surface area contributed by atoms with E-state index in [4.69, 9.17) is 23.7 Å². The van der Waals surface area contributed by atoms with Crippen LogP contribution in [0.2, 0.25) is 0 Å². The smallest absolute Gasteiger partial charge is 0.203 e. The largest absolute Gasteiger partial charge is 0.493 e. The number of hydrogen-bond donors (Lipinski definition) is 0. The van der Waals surface area contributed by atoms with Crippen molar-refractivity contribution in [1.82, 2.24) is 0 Å². The number of ether oxygens (including phenoxy) is 5. The van der Waals surface area contributed by atoms with Crippen molar-refractivity contribution in [1.29, 1.82) is 0 Å². The van der Waals surface area contributed by atoms with Crippen molar-refractivity contribution in [3.05, 3.63) is 35.4 Å². The molecule has 0 spiro atoms. The van der Waals surface area contributed by atoms with Gasteiger partial charge in [-0.15, -0.1) is 23.5 Å². The topological polar surface area (TPSA) is 49.4 Å². The Morgan fingerprint density at radius 3 is 1.97 bits per heavy atom. The molecule has 2 aromatic rings. The standard InChI is InChI=1S/C24H33NO5S2/c1-8-9-30-22-17(25(2)3)10-16(13-18(22)26-4)24-31-14-21(32-24)15-11-19(27-5)23(29-7)20(12-15)28-6/h10-13,21,24H,8-9,14H2,1-7H3/t21-,24+/m0/s1. The SMILES string of the molecule is CCCOc1c(OC)cc([C@@H]2SC[C@@H](c3cc(OC)c(OC)c(OC)c3)S2)cc1N(C)C. The van der Waals surface area contributed by atoms with Gasteiger partial charge in [-0.05, 0) is 41.8 Å². The Balaban J connectivity index is 1.90. The van der Waals surface area contributed by atoms with Crippen molar-refractivity contribution < 1.29 is 23.7 Å². The van der Waals surface area contributed by atoms with Crippen LogP contribution in [0.25, 0.3) is 0 Å². The second kappa shape index (κ2) is 11.2. The number of nitrogens with zero attached hydrogens (tertiary/aromatic N) is 1. The van der Waals surface area contributed by atoms with Crippen LogP contribution in [0, 0.1) is 0 Å². The van der Waals surface area contributed by atoms with Gasteiger partial charge >= 0.3 is 0 Å². The summed E-state index contributed by atoms with van der Waals surface area (Å²) >= 11 is 3.86. The van der Waals surface area contributed by atoms with Gasteiger partial charge < -0.3 is 28.6 Å². The van der Waals surface area contributed by atoms with Crippen LogP contribution >= 0.6 is 23.5 Å². The van der Waals surface area contributed by atoms with Gasteiger partial charge in [0, 0.05) is 25.1 Å². The van der Waals surface area contributed by atoms with E-state index in [1.807, 2.05) is 37.6 Å². The van der Waals surface area contributed by atoms with E-state index in [0.717, 1.165) is 29.4 Å². The summed E-state index contributed by atoms with van der Waals surface area (Å²) in [5.41, 5.74) is 3.42. The van der Waals surface area contributed by atoms with E-state index >= 15 is 0 Å². The van der Waals surface area contributed by atoms with Crippen molar-refractivity contribution in [2.24, 2.45) is 0 Å². The molecule has 3 rings (SSSR count). The van der Waals surface area contributed by atoms with E-state index in [1.54, 1.807) is 28.4 Å². The third-order valence-corrected chi connectivity index (χ3v) is 8.57. The maximum atomic E-state index is 6.03. The van der Waals surface area contributed by atoms with Gasteiger partial charge in [0.15, 0.2) is 23.0 Å². The molecule has 0 N–H and O–H groups in total. The van der Waals surface area contributed by atoms with Gasteiger partial charge in [0.05, 0.1) is 45.3 Å². The first-order valence-electron chi connectivity index (χ1n) is 10.6. The Labute approximate surface area is 199 Å². The van der Waals surface area contributed by atoms with Gasteiger partial charge in [0.25, 0.3) is 0 Å². The summed E-state index contributed by atoms with van der Waals surface area (Å²) in [5, 5.41) is 0.309. The molecule has 0 amide bonds. The molecule has 0 radical (unpaired) electrons. The van der Waals surface area contributed by atoms with Crippen LogP contribution in [0.1, 0.15) is 34.3 Å². The zero-order valence-corrected chi connectivity index (χ0v) is 21.5. The number of thioether (sulfide) groups is 2. The zero-order valence-electron chi connectivity index (χ0n) is 19.9. The molecule has 32 heavy (non-hydrogen) atoms. The first-order valence-corrected chi connectivity index (χ1v) is 12.5. The molecule has 1 aliphatic rings. The Morgan fingerprint density at radius 2 is 1.44 bits per heavy atom. The fourth-order valence-corrected chi connectivity index (χ4v) is 6.87. The molecular formula is C24H33NO5S2.